The normalized spacial score (nSPS) is 18.9. The van der Waals surface area contributed by atoms with E-state index in [-0.39, 0.29) is 59.9 Å². The maximum atomic E-state index is 14.0. The van der Waals surface area contributed by atoms with Gasteiger partial charge in [-0.25, -0.2) is 12.8 Å². The lowest BCUT2D eigenvalue weighted by Crippen LogP contribution is -2.50. The second-order valence-electron chi connectivity index (χ2n) is 7.82. The first kappa shape index (κ1) is 23.5. The molecule has 2 aliphatic heterocycles. The number of ether oxygens (including phenoxy) is 1. The molecule has 4 rings (SSSR count). The number of carbonyl (C=O) groups excluding carboxylic acids is 2. The number of piperazine rings is 1. The number of nitrogens with zero attached hydrogens (tertiary/aromatic N) is 2. The molecule has 2 heterocycles. The van der Waals surface area contributed by atoms with Gasteiger partial charge in [-0.1, -0.05) is 24.6 Å². The third-order valence-corrected chi connectivity index (χ3v) is 8.01. The number of anilines is 1. The second kappa shape index (κ2) is 9.28. The number of amides is 2. The molecular weight excluding hydrogens is 473 g/mol. The van der Waals surface area contributed by atoms with Crippen LogP contribution in [0.25, 0.3) is 0 Å². The van der Waals surface area contributed by atoms with Crippen LogP contribution in [0.4, 0.5) is 10.1 Å². The summed E-state index contributed by atoms with van der Waals surface area (Å²) in [6.45, 7) is 2.36. The molecule has 0 unspecified atom stereocenters. The van der Waals surface area contributed by atoms with Gasteiger partial charge >= 0.3 is 0 Å². The average molecular weight is 496 g/mol. The van der Waals surface area contributed by atoms with Crippen LogP contribution in [-0.2, 0) is 26.0 Å². The van der Waals surface area contributed by atoms with Gasteiger partial charge in [0.1, 0.15) is 11.6 Å². The zero-order chi connectivity index (χ0) is 23.8. The summed E-state index contributed by atoms with van der Waals surface area (Å²) in [6.07, 6.45) is -0.302. The fourth-order valence-corrected chi connectivity index (χ4v) is 5.53. The quantitative estimate of drug-likeness (QED) is 0.688. The van der Waals surface area contributed by atoms with Gasteiger partial charge in [-0.2, -0.15) is 4.31 Å². The molecule has 33 heavy (non-hydrogen) atoms. The molecule has 1 fully saturated rings. The molecule has 2 aromatic rings. The van der Waals surface area contributed by atoms with Crippen LogP contribution in [0.1, 0.15) is 18.9 Å². The molecule has 1 N–H and O–H groups in total. The summed E-state index contributed by atoms with van der Waals surface area (Å²) >= 11 is 6.01. The smallest absolute Gasteiger partial charge is 0.265 e. The van der Waals surface area contributed by atoms with Crippen molar-refractivity contribution in [3.63, 3.8) is 0 Å². The van der Waals surface area contributed by atoms with Crippen molar-refractivity contribution in [2.45, 2.75) is 30.8 Å². The number of hydrogen-bond donors (Lipinski definition) is 1. The SMILES string of the molecule is CC[C@@H]1Oc2ccc(S(=O)(=O)N3CCN(C(=O)Cc4c(F)cccc4Cl)CC3)cc2NC1=O. The molecule has 2 aromatic carbocycles. The Balaban J connectivity index is 1.43. The molecule has 11 heteroatoms. The van der Waals surface area contributed by atoms with Crippen LogP contribution in [0, 0.1) is 5.82 Å². The number of sulfonamides is 1. The largest absolute Gasteiger partial charge is 0.478 e. The van der Waals surface area contributed by atoms with Crippen molar-refractivity contribution in [3.05, 3.63) is 52.8 Å². The number of benzene rings is 2. The molecule has 2 aliphatic rings. The summed E-state index contributed by atoms with van der Waals surface area (Å²) in [5.41, 5.74) is 0.434. The Morgan fingerprint density at radius 3 is 2.61 bits per heavy atom. The Kier molecular flexibility index (Phi) is 6.60. The van der Waals surface area contributed by atoms with E-state index in [0.29, 0.717) is 17.9 Å². The predicted molar refractivity (Wildman–Crippen MR) is 120 cm³/mol. The predicted octanol–water partition coefficient (Wildman–Crippen LogP) is 2.66. The van der Waals surface area contributed by atoms with E-state index in [9.17, 15) is 22.4 Å². The number of nitrogens with one attached hydrogen (secondary N) is 1. The average Bonchev–Trinajstić information content (AvgIpc) is 2.80. The molecule has 0 spiro atoms. The van der Waals surface area contributed by atoms with Crippen LogP contribution in [0.2, 0.25) is 5.02 Å². The van der Waals surface area contributed by atoms with Gasteiger partial charge in [0.15, 0.2) is 6.10 Å². The minimum absolute atomic E-state index is 0.0259. The molecule has 2 amide bonds. The molecule has 176 valence electrons. The Morgan fingerprint density at radius 2 is 1.94 bits per heavy atom. The van der Waals surface area contributed by atoms with Gasteiger partial charge in [0.25, 0.3) is 5.91 Å². The maximum absolute atomic E-state index is 14.0. The van der Waals surface area contributed by atoms with Crippen LogP contribution >= 0.6 is 11.6 Å². The fourth-order valence-electron chi connectivity index (χ4n) is 3.85. The third kappa shape index (κ3) is 4.68. The van der Waals surface area contributed by atoms with E-state index in [4.69, 9.17) is 16.3 Å². The number of rotatable bonds is 5. The summed E-state index contributed by atoms with van der Waals surface area (Å²) in [6, 6.07) is 8.58. The molecule has 1 saturated heterocycles. The minimum Gasteiger partial charge on any atom is -0.478 e. The van der Waals surface area contributed by atoms with Crippen molar-refractivity contribution in [3.8, 4) is 5.75 Å². The van der Waals surface area contributed by atoms with E-state index >= 15 is 0 Å². The number of halogens is 2. The van der Waals surface area contributed by atoms with Crippen LogP contribution in [0.15, 0.2) is 41.3 Å². The molecule has 0 aliphatic carbocycles. The summed E-state index contributed by atoms with van der Waals surface area (Å²) in [7, 11) is -3.85. The third-order valence-electron chi connectivity index (χ3n) is 5.76. The number of carbonyl (C=O) groups is 2. The number of fused-ring (bicyclic) bond motifs is 1. The highest BCUT2D eigenvalue weighted by Gasteiger charge is 2.32. The van der Waals surface area contributed by atoms with Crippen molar-refractivity contribution >= 4 is 39.1 Å². The second-order valence-corrected chi connectivity index (χ2v) is 10.2. The van der Waals surface area contributed by atoms with Crippen molar-refractivity contribution in [1.82, 2.24) is 9.21 Å². The molecule has 0 saturated carbocycles. The standard InChI is InChI=1S/C22H23ClFN3O5S/c1-2-19-22(29)25-18-12-14(6-7-20(18)32-19)33(30,31)27-10-8-26(9-11-27)21(28)13-15-16(23)4-3-5-17(15)24/h3-7,12,19H,2,8-11,13H2,1H3,(H,25,29)/t19-/m0/s1. The lowest BCUT2D eigenvalue weighted by molar-refractivity contribution is -0.131. The summed E-state index contributed by atoms with van der Waals surface area (Å²) < 4.78 is 47.2. The van der Waals surface area contributed by atoms with E-state index in [1.54, 1.807) is 0 Å². The molecular formula is C22H23ClFN3O5S. The zero-order valence-corrected chi connectivity index (χ0v) is 19.5. The first-order chi connectivity index (χ1) is 15.7. The van der Waals surface area contributed by atoms with E-state index in [2.05, 4.69) is 5.32 Å². The highest BCUT2D eigenvalue weighted by Crippen LogP contribution is 2.33. The fraction of sp³-hybridized carbons (Fsp3) is 0.364. The van der Waals surface area contributed by atoms with Gasteiger partial charge in [-0.05, 0) is 36.8 Å². The summed E-state index contributed by atoms with van der Waals surface area (Å²) in [4.78, 5) is 26.2. The Morgan fingerprint density at radius 1 is 1.21 bits per heavy atom. The molecule has 0 radical (unpaired) electrons. The van der Waals surface area contributed by atoms with Gasteiger partial charge in [0.05, 0.1) is 17.0 Å². The highest BCUT2D eigenvalue weighted by atomic mass is 35.5. The topological polar surface area (TPSA) is 96.0 Å². The van der Waals surface area contributed by atoms with E-state index in [1.807, 2.05) is 6.92 Å². The number of hydrogen-bond acceptors (Lipinski definition) is 5. The first-order valence-corrected chi connectivity index (χ1v) is 12.3. The first-order valence-electron chi connectivity index (χ1n) is 10.5. The van der Waals surface area contributed by atoms with Crippen LogP contribution in [0.5, 0.6) is 5.75 Å². The Hall–Kier alpha value is -2.69. The summed E-state index contributed by atoms with van der Waals surface area (Å²) in [5.74, 6) is -0.770. The van der Waals surface area contributed by atoms with Crippen LogP contribution in [-0.4, -0.2) is 61.7 Å². The Labute approximate surface area is 196 Å². The van der Waals surface area contributed by atoms with Gasteiger partial charge < -0.3 is 15.0 Å². The molecule has 8 nitrogen and oxygen atoms in total. The van der Waals surface area contributed by atoms with Crippen LogP contribution in [0.3, 0.4) is 0 Å². The van der Waals surface area contributed by atoms with Gasteiger partial charge in [0, 0.05) is 36.8 Å². The molecule has 0 bridgehead atoms. The molecule has 0 aromatic heterocycles. The monoisotopic (exact) mass is 495 g/mol. The van der Waals surface area contributed by atoms with Crippen molar-refractivity contribution in [2.24, 2.45) is 0 Å². The molecule has 1 atom stereocenters. The van der Waals surface area contributed by atoms with Crippen molar-refractivity contribution in [1.29, 1.82) is 0 Å². The van der Waals surface area contributed by atoms with Gasteiger partial charge in [0.2, 0.25) is 15.9 Å². The Bertz CT molecular complexity index is 1180. The maximum Gasteiger partial charge on any atom is 0.265 e. The van der Waals surface area contributed by atoms with Crippen molar-refractivity contribution in [2.75, 3.05) is 31.5 Å². The summed E-state index contributed by atoms with van der Waals surface area (Å²) in [5, 5.41) is 2.87. The highest BCUT2D eigenvalue weighted by molar-refractivity contribution is 7.89. The lowest BCUT2D eigenvalue weighted by Gasteiger charge is -2.34. The minimum atomic E-state index is -3.85. The lowest BCUT2D eigenvalue weighted by atomic mass is 10.1. The van der Waals surface area contributed by atoms with Gasteiger partial charge in [-0.15, -0.1) is 0 Å². The van der Waals surface area contributed by atoms with E-state index in [0.717, 1.165) is 0 Å². The van der Waals surface area contributed by atoms with Crippen LogP contribution < -0.4 is 10.1 Å². The van der Waals surface area contributed by atoms with Crippen molar-refractivity contribution < 1.29 is 27.1 Å². The van der Waals surface area contributed by atoms with Gasteiger partial charge in [-0.3, -0.25) is 9.59 Å². The zero-order valence-electron chi connectivity index (χ0n) is 17.9. The van der Waals surface area contributed by atoms with E-state index in [1.165, 1.54) is 45.6 Å². The van der Waals surface area contributed by atoms with E-state index < -0.39 is 21.9 Å².